The summed E-state index contributed by atoms with van der Waals surface area (Å²) in [6, 6.07) is 0. The molecule has 0 atom stereocenters. The summed E-state index contributed by atoms with van der Waals surface area (Å²) in [6.45, 7) is 7.34. The Kier molecular flexibility index (Phi) is 6.52. The van der Waals surface area contributed by atoms with E-state index in [2.05, 4.69) is 5.16 Å². The molecule has 0 aromatic carbocycles. The number of hydrogen-bond donors (Lipinski definition) is 0. The van der Waals surface area contributed by atoms with Crippen molar-refractivity contribution < 1.29 is 19.2 Å². The molecule has 9 heteroatoms. The van der Waals surface area contributed by atoms with Gasteiger partial charge < -0.3 is 4.79 Å². The maximum absolute atomic E-state index is 12.0. The zero-order chi connectivity index (χ0) is 17.8. The van der Waals surface area contributed by atoms with Crippen molar-refractivity contribution in [2.45, 2.75) is 50.0 Å². The summed E-state index contributed by atoms with van der Waals surface area (Å²) in [5.41, 5.74) is 0. The second-order valence-corrected chi connectivity index (χ2v) is 8.82. The van der Waals surface area contributed by atoms with Gasteiger partial charge in [-0.25, -0.2) is 4.79 Å². The lowest BCUT2D eigenvalue weighted by Gasteiger charge is -2.27. The van der Waals surface area contributed by atoms with E-state index < -0.39 is 15.6 Å². The van der Waals surface area contributed by atoms with Crippen LogP contribution < -0.4 is 0 Å². The van der Waals surface area contributed by atoms with Crippen molar-refractivity contribution in [2.75, 3.05) is 14.1 Å². The van der Waals surface area contributed by atoms with Crippen molar-refractivity contribution in [1.82, 2.24) is 9.21 Å². The number of carbonyl (C=O) groups excluding carboxylic acids is 3. The summed E-state index contributed by atoms with van der Waals surface area (Å²) in [6.07, 6.45) is 1.37. The van der Waals surface area contributed by atoms with Crippen molar-refractivity contribution in [3.05, 3.63) is 0 Å². The first-order valence-electron chi connectivity index (χ1n) is 7.27. The number of amidine groups is 1. The van der Waals surface area contributed by atoms with E-state index in [1.54, 1.807) is 20.9 Å². The Labute approximate surface area is 145 Å². The molecular formula is C14H23N3O4S2. The minimum absolute atomic E-state index is 0.100. The molecule has 130 valence electrons. The standard InChI is InChI=1S/C14H23N3O4S2/c1-7-14(8-2,9-18)23-17(6)12(20)21-15-11-16(5)10(19)13(3,4)22-11/h9H,7-8H2,1-6H3. The normalized spacial score (nSPS) is 19.1. The van der Waals surface area contributed by atoms with Crippen LogP contribution in [0.5, 0.6) is 0 Å². The molecule has 1 saturated heterocycles. The largest absolute Gasteiger partial charge is 0.445 e. The third-order valence-electron chi connectivity index (χ3n) is 3.64. The Morgan fingerprint density at radius 3 is 2.43 bits per heavy atom. The van der Waals surface area contributed by atoms with Crippen molar-refractivity contribution in [3.63, 3.8) is 0 Å². The van der Waals surface area contributed by atoms with Crippen LogP contribution in [0.3, 0.4) is 0 Å². The van der Waals surface area contributed by atoms with Crippen LogP contribution in [0.25, 0.3) is 0 Å². The fraction of sp³-hybridized carbons (Fsp3) is 0.714. The van der Waals surface area contributed by atoms with Gasteiger partial charge in [0.15, 0.2) is 0 Å². The highest BCUT2D eigenvalue weighted by atomic mass is 32.2. The molecule has 0 aliphatic carbocycles. The molecule has 0 aromatic rings. The van der Waals surface area contributed by atoms with E-state index in [4.69, 9.17) is 4.84 Å². The van der Waals surface area contributed by atoms with Crippen molar-refractivity contribution in [3.8, 4) is 0 Å². The van der Waals surface area contributed by atoms with E-state index in [1.165, 1.54) is 28.0 Å². The topological polar surface area (TPSA) is 79.3 Å². The number of nitrogens with zero attached hydrogens (tertiary/aromatic N) is 3. The lowest BCUT2D eigenvalue weighted by molar-refractivity contribution is -0.127. The van der Waals surface area contributed by atoms with Crippen LogP contribution in [0.1, 0.15) is 40.5 Å². The van der Waals surface area contributed by atoms with Crippen LogP contribution >= 0.6 is 23.7 Å². The smallest absolute Gasteiger partial charge is 0.302 e. The average Bonchev–Trinajstić information content (AvgIpc) is 2.73. The van der Waals surface area contributed by atoms with Gasteiger partial charge in [0.2, 0.25) is 11.1 Å². The lowest BCUT2D eigenvalue weighted by atomic mass is 10.1. The van der Waals surface area contributed by atoms with E-state index in [0.29, 0.717) is 18.0 Å². The fourth-order valence-corrected chi connectivity index (χ4v) is 3.85. The molecule has 0 saturated carbocycles. The maximum Gasteiger partial charge on any atom is 0.445 e. The average molecular weight is 361 g/mol. The number of thioether (sulfide) groups is 1. The van der Waals surface area contributed by atoms with Crippen molar-refractivity contribution in [2.24, 2.45) is 5.16 Å². The molecule has 2 amide bonds. The Hall–Kier alpha value is -1.22. The van der Waals surface area contributed by atoms with Crippen molar-refractivity contribution in [1.29, 1.82) is 0 Å². The molecule has 1 heterocycles. The van der Waals surface area contributed by atoms with Gasteiger partial charge in [-0.1, -0.05) is 25.6 Å². The summed E-state index contributed by atoms with van der Waals surface area (Å²) in [5.74, 6) is -0.100. The van der Waals surface area contributed by atoms with Gasteiger partial charge in [-0.15, -0.1) is 0 Å². The van der Waals surface area contributed by atoms with E-state index in [9.17, 15) is 14.4 Å². The zero-order valence-corrected chi connectivity index (χ0v) is 15.9. The van der Waals surface area contributed by atoms with Crippen LogP contribution in [-0.4, -0.2) is 56.2 Å². The molecule has 1 aliphatic heterocycles. The van der Waals surface area contributed by atoms with Gasteiger partial charge in [0.05, 0.1) is 9.49 Å². The molecule has 0 unspecified atom stereocenters. The second-order valence-electron chi connectivity index (χ2n) is 5.69. The number of oxime groups is 1. The molecule has 1 aliphatic rings. The highest BCUT2D eigenvalue weighted by molar-refractivity contribution is 8.16. The summed E-state index contributed by atoms with van der Waals surface area (Å²) >= 11 is 2.35. The Morgan fingerprint density at radius 2 is 2.04 bits per heavy atom. The van der Waals surface area contributed by atoms with Gasteiger partial charge in [-0.3, -0.25) is 18.8 Å². The first kappa shape index (κ1) is 19.8. The molecular weight excluding hydrogens is 338 g/mol. The van der Waals surface area contributed by atoms with E-state index >= 15 is 0 Å². The Bertz CT molecular complexity index is 518. The molecule has 7 nitrogen and oxygen atoms in total. The predicted octanol–water partition coefficient (Wildman–Crippen LogP) is 2.72. The molecule has 0 N–H and O–H groups in total. The van der Waals surface area contributed by atoms with Crippen LogP contribution in [-0.2, 0) is 14.4 Å². The molecule has 0 spiro atoms. The van der Waals surface area contributed by atoms with Gasteiger partial charge >= 0.3 is 6.09 Å². The highest BCUT2D eigenvalue weighted by Crippen LogP contribution is 2.36. The molecule has 23 heavy (non-hydrogen) atoms. The molecule has 0 radical (unpaired) electrons. The summed E-state index contributed by atoms with van der Waals surface area (Å²) in [7, 11) is 3.11. The van der Waals surface area contributed by atoms with Gasteiger partial charge in [0.1, 0.15) is 6.29 Å². The van der Waals surface area contributed by atoms with Crippen molar-refractivity contribution >= 4 is 47.2 Å². The number of aldehydes is 1. The molecule has 1 rings (SSSR count). The summed E-state index contributed by atoms with van der Waals surface area (Å²) in [4.78, 5) is 41.5. The zero-order valence-electron chi connectivity index (χ0n) is 14.3. The SMILES string of the molecule is CCC(C=O)(CC)SN(C)C(=O)ON=C1SC(C)(C)C(=O)N1C. The minimum atomic E-state index is -0.693. The summed E-state index contributed by atoms with van der Waals surface area (Å²) in [5, 5.41) is 4.10. The van der Waals surface area contributed by atoms with Gasteiger partial charge in [-0.2, -0.15) is 0 Å². The first-order chi connectivity index (χ1) is 10.6. The number of hydrogen-bond acceptors (Lipinski definition) is 7. The molecule has 0 aromatic heterocycles. The van der Waals surface area contributed by atoms with Gasteiger partial charge in [0.25, 0.3) is 0 Å². The summed E-state index contributed by atoms with van der Waals surface area (Å²) < 4.78 is -0.0342. The van der Waals surface area contributed by atoms with Gasteiger partial charge in [-0.05, 0) is 43.8 Å². The molecule has 0 bridgehead atoms. The first-order valence-corrected chi connectivity index (χ1v) is 8.86. The highest BCUT2D eigenvalue weighted by Gasteiger charge is 2.43. The van der Waals surface area contributed by atoms with Crippen LogP contribution in [0.4, 0.5) is 4.79 Å². The molecule has 1 fully saturated rings. The number of rotatable bonds is 6. The van der Waals surface area contributed by atoms with Crippen LogP contribution in [0.15, 0.2) is 5.16 Å². The third-order valence-corrected chi connectivity index (χ3v) is 6.32. The number of amides is 2. The van der Waals surface area contributed by atoms with Gasteiger partial charge in [0, 0.05) is 14.1 Å². The Morgan fingerprint density at radius 1 is 1.48 bits per heavy atom. The number of carbonyl (C=O) groups is 3. The van der Waals surface area contributed by atoms with E-state index in [0.717, 1.165) is 18.2 Å². The minimum Gasteiger partial charge on any atom is -0.302 e. The van der Waals surface area contributed by atoms with Crippen LogP contribution in [0.2, 0.25) is 0 Å². The second kappa shape index (κ2) is 7.57. The quantitative estimate of drug-likeness (QED) is 0.313. The predicted molar refractivity (Wildman–Crippen MR) is 93.1 cm³/mol. The van der Waals surface area contributed by atoms with Crippen LogP contribution in [0, 0.1) is 0 Å². The fourth-order valence-electron chi connectivity index (χ4n) is 1.92. The lowest BCUT2D eigenvalue weighted by Crippen LogP contribution is -2.33. The van der Waals surface area contributed by atoms with E-state index in [1.807, 2.05) is 13.8 Å². The van der Waals surface area contributed by atoms with E-state index in [-0.39, 0.29) is 5.91 Å². The maximum atomic E-state index is 12.0. The third kappa shape index (κ3) is 4.41. The monoisotopic (exact) mass is 361 g/mol. The Balaban J connectivity index is 2.72.